The molecule has 4 rings (SSSR count). The minimum atomic E-state index is -0.0753. The number of hydrogen-bond donors (Lipinski definition) is 0. The molecule has 0 aliphatic heterocycles. The zero-order chi connectivity index (χ0) is 17.4. The molecule has 3 aromatic rings. The summed E-state index contributed by atoms with van der Waals surface area (Å²) in [5.74, 6) is 0. The molecule has 0 spiro atoms. The van der Waals surface area contributed by atoms with Gasteiger partial charge in [-0.25, -0.2) is 9.20 Å². The first-order chi connectivity index (χ1) is 12.1. The quantitative estimate of drug-likeness (QED) is 0.725. The highest BCUT2D eigenvalue weighted by atomic mass is 16.1. The summed E-state index contributed by atoms with van der Waals surface area (Å²) in [6.07, 6.45) is 8.83. The molecule has 0 bridgehead atoms. The summed E-state index contributed by atoms with van der Waals surface area (Å²) in [7, 11) is 0. The van der Waals surface area contributed by atoms with Crippen LogP contribution < -0.4 is 5.56 Å². The summed E-state index contributed by atoms with van der Waals surface area (Å²) in [6, 6.07) is 9.49. The van der Waals surface area contributed by atoms with Crippen molar-refractivity contribution in [3.8, 4) is 11.3 Å². The van der Waals surface area contributed by atoms with Gasteiger partial charge in [0.25, 0.3) is 5.56 Å². The lowest BCUT2D eigenvalue weighted by Gasteiger charge is -2.13. The fraction of sp³-hybridized carbons (Fsp3) is 0.350. The Morgan fingerprint density at radius 3 is 2.72 bits per heavy atom. The smallest absolute Gasteiger partial charge is 0.267 e. The summed E-state index contributed by atoms with van der Waals surface area (Å²) < 4.78 is 3.45. The molecule has 0 unspecified atom stereocenters. The number of allylic oxidation sites excluding steroid dienone is 2. The van der Waals surface area contributed by atoms with Crippen LogP contribution in [-0.2, 0) is 0 Å². The molecule has 5 nitrogen and oxygen atoms in total. The summed E-state index contributed by atoms with van der Waals surface area (Å²) in [6.45, 7) is 3.94. The molecule has 0 fully saturated rings. The molecule has 0 atom stereocenters. The van der Waals surface area contributed by atoms with E-state index >= 15 is 0 Å². The van der Waals surface area contributed by atoms with Gasteiger partial charge in [-0.15, -0.1) is 0 Å². The first-order valence-electron chi connectivity index (χ1n) is 8.92. The van der Waals surface area contributed by atoms with Gasteiger partial charge in [0.1, 0.15) is 0 Å². The zero-order valence-electron chi connectivity index (χ0n) is 14.6. The number of aromatic nitrogens is 4. The maximum Gasteiger partial charge on any atom is 0.267 e. The van der Waals surface area contributed by atoms with E-state index in [1.54, 1.807) is 10.7 Å². The lowest BCUT2D eigenvalue weighted by molar-refractivity contribution is 0.505. The predicted octanol–water partition coefficient (Wildman–Crippen LogP) is 4.10. The Hall–Kier alpha value is -2.69. The van der Waals surface area contributed by atoms with Crippen LogP contribution in [-0.4, -0.2) is 19.4 Å². The molecular formula is C20H22N4O. The molecule has 3 heterocycles. The molecule has 5 heteroatoms. The lowest BCUT2D eigenvalue weighted by Crippen LogP contribution is -2.24. The molecule has 128 valence electrons. The predicted molar refractivity (Wildman–Crippen MR) is 99.5 cm³/mol. The molecule has 25 heavy (non-hydrogen) atoms. The maximum absolute atomic E-state index is 12.1. The van der Waals surface area contributed by atoms with E-state index in [1.165, 1.54) is 18.4 Å². The number of pyridine rings is 1. The normalized spacial score (nSPS) is 14.9. The highest BCUT2D eigenvalue weighted by Gasteiger charge is 2.20. The van der Waals surface area contributed by atoms with E-state index in [4.69, 9.17) is 5.10 Å². The van der Waals surface area contributed by atoms with Crippen molar-refractivity contribution in [1.29, 1.82) is 0 Å². The fourth-order valence-corrected chi connectivity index (χ4v) is 3.46. The van der Waals surface area contributed by atoms with Crippen molar-refractivity contribution in [2.75, 3.05) is 0 Å². The van der Waals surface area contributed by atoms with E-state index in [9.17, 15) is 4.79 Å². The van der Waals surface area contributed by atoms with Gasteiger partial charge in [-0.1, -0.05) is 12.1 Å². The van der Waals surface area contributed by atoms with E-state index < -0.39 is 0 Å². The average molecular weight is 334 g/mol. The second-order valence-corrected chi connectivity index (χ2v) is 6.82. The molecular weight excluding hydrogens is 312 g/mol. The molecule has 1 aliphatic carbocycles. The lowest BCUT2D eigenvalue weighted by atomic mass is 9.94. The van der Waals surface area contributed by atoms with Gasteiger partial charge in [0.05, 0.1) is 28.5 Å². The number of fused-ring (bicyclic) bond motifs is 1. The van der Waals surface area contributed by atoms with Gasteiger partial charge in [0, 0.05) is 12.3 Å². The molecule has 3 aromatic heterocycles. The first kappa shape index (κ1) is 15.8. The molecule has 1 aliphatic rings. The van der Waals surface area contributed by atoms with E-state index in [2.05, 4.69) is 17.2 Å². The Bertz CT molecular complexity index is 1010. The van der Waals surface area contributed by atoms with Crippen molar-refractivity contribution < 1.29 is 0 Å². The minimum Gasteiger partial charge on any atom is -0.268 e. The maximum atomic E-state index is 12.1. The highest BCUT2D eigenvalue weighted by molar-refractivity contribution is 5.88. The van der Waals surface area contributed by atoms with Crippen LogP contribution >= 0.6 is 0 Å². The Labute approximate surface area is 146 Å². The fourth-order valence-electron chi connectivity index (χ4n) is 3.46. The Morgan fingerprint density at radius 1 is 1.08 bits per heavy atom. The van der Waals surface area contributed by atoms with E-state index in [0.29, 0.717) is 0 Å². The second kappa shape index (κ2) is 6.31. The molecule has 0 radical (unpaired) electrons. The van der Waals surface area contributed by atoms with Crippen LogP contribution in [0.3, 0.4) is 0 Å². The summed E-state index contributed by atoms with van der Waals surface area (Å²) in [4.78, 5) is 12.1. The van der Waals surface area contributed by atoms with E-state index in [1.807, 2.05) is 42.8 Å². The van der Waals surface area contributed by atoms with E-state index in [0.717, 1.165) is 35.3 Å². The topological polar surface area (TPSA) is 52.2 Å². The summed E-state index contributed by atoms with van der Waals surface area (Å²) in [5, 5.41) is 9.47. The first-order valence-corrected chi connectivity index (χ1v) is 8.92. The van der Waals surface area contributed by atoms with Crippen LogP contribution in [0.2, 0.25) is 0 Å². The highest BCUT2D eigenvalue weighted by Crippen LogP contribution is 2.35. The van der Waals surface area contributed by atoms with E-state index in [-0.39, 0.29) is 11.6 Å². The number of rotatable bonds is 3. The van der Waals surface area contributed by atoms with Gasteiger partial charge in [-0.05, 0) is 63.3 Å². The zero-order valence-corrected chi connectivity index (χ0v) is 14.6. The van der Waals surface area contributed by atoms with Crippen LogP contribution in [0.4, 0.5) is 0 Å². The summed E-state index contributed by atoms with van der Waals surface area (Å²) >= 11 is 0. The van der Waals surface area contributed by atoms with Gasteiger partial charge in [-0.2, -0.15) is 10.2 Å². The van der Waals surface area contributed by atoms with Gasteiger partial charge < -0.3 is 0 Å². The minimum absolute atomic E-state index is 0.0200. The van der Waals surface area contributed by atoms with Gasteiger partial charge >= 0.3 is 0 Å². The third-order valence-corrected chi connectivity index (χ3v) is 4.71. The largest absolute Gasteiger partial charge is 0.268 e. The van der Waals surface area contributed by atoms with Crippen LogP contribution in [0, 0.1) is 0 Å². The van der Waals surface area contributed by atoms with Crippen LogP contribution in [0.25, 0.3) is 22.3 Å². The van der Waals surface area contributed by atoms with Crippen molar-refractivity contribution in [3.05, 3.63) is 58.7 Å². The molecule has 0 aromatic carbocycles. The van der Waals surface area contributed by atoms with Crippen LogP contribution in [0.1, 0.15) is 51.3 Å². The standard InChI is InChI=1S/C20H22N4O/c1-14(2)24-18(25)12-11-16(21-24)19-17-10-6-7-13-23(17)22-20(19)15-8-4-3-5-9-15/h6-8,10-14H,3-5,9H2,1-2H3. The number of nitrogens with zero attached hydrogens (tertiary/aromatic N) is 4. The molecule has 0 saturated carbocycles. The van der Waals surface area contributed by atoms with Crippen molar-refractivity contribution in [1.82, 2.24) is 19.4 Å². The van der Waals surface area contributed by atoms with Crippen LogP contribution in [0.15, 0.2) is 47.4 Å². The average Bonchev–Trinajstić information content (AvgIpc) is 3.02. The Kier molecular flexibility index (Phi) is 3.99. The van der Waals surface area contributed by atoms with Crippen molar-refractivity contribution in [2.24, 2.45) is 0 Å². The monoisotopic (exact) mass is 334 g/mol. The third kappa shape index (κ3) is 2.80. The van der Waals surface area contributed by atoms with Crippen molar-refractivity contribution >= 4 is 11.1 Å². The Balaban J connectivity index is 1.98. The third-order valence-electron chi connectivity index (χ3n) is 4.71. The molecule has 0 N–H and O–H groups in total. The van der Waals surface area contributed by atoms with Gasteiger partial charge in [-0.3, -0.25) is 4.79 Å². The second-order valence-electron chi connectivity index (χ2n) is 6.82. The summed E-state index contributed by atoms with van der Waals surface area (Å²) in [5.41, 5.74) is 5.04. The molecule has 0 amide bonds. The Morgan fingerprint density at radius 2 is 1.96 bits per heavy atom. The SMILES string of the molecule is CC(C)n1nc(-c2c(C3=CCCCC3)nn3ccccc23)ccc1=O. The van der Waals surface area contributed by atoms with Crippen LogP contribution in [0.5, 0.6) is 0 Å². The number of hydrogen-bond acceptors (Lipinski definition) is 3. The van der Waals surface area contributed by atoms with Gasteiger partial charge in [0.2, 0.25) is 0 Å². The molecule has 0 saturated heterocycles. The van der Waals surface area contributed by atoms with Crippen molar-refractivity contribution in [3.63, 3.8) is 0 Å². The van der Waals surface area contributed by atoms with Gasteiger partial charge in [0.15, 0.2) is 0 Å². The van der Waals surface area contributed by atoms with Crippen molar-refractivity contribution in [2.45, 2.75) is 45.6 Å².